The van der Waals surface area contributed by atoms with Crippen molar-refractivity contribution in [1.29, 1.82) is 0 Å². The molecule has 0 bridgehead atoms. The molecule has 0 saturated carbocycles. The largest absolute Gasteiger partial charge is 0.362 e. The summed E-state index contributed by atoms with van der Waals surface area (Å²) in [6.45, 7) is 8.10. The van der Waals surface area contributed by atoms with Crippen molar-refractivity contribution in [3.05, 3.63) is 12.2 Å². The maximum absolute atomic E-state index is 11.1. The molecule has 0 aliphatic carbocycles. The topological polar surface area (TPSA) is 72.5 Å². The summed E-state index contributed by atoms with van der Waals surface area (Å²) in [4.78, 5) is 11.0. The van der Waals surface area contributed by atoms with Crippen molar-refractivity contribution in [3.8, 4) is 0 Å². The average Bonchev–Trinajstić information content (AvgIpc) is 2.02. The van der Waals surface area contributed by atoms with Gasteiger partial charge in [-0.15, -0.1) is 0 Å². The van der Waals surface area contributed by atoms with E-state index in [1.54, 1.807) is 18.6 Å². The Hall–Kier alpha value is -0.880. The van der Waals surface area contributed by atoms with Gasteiger partial charge in [-0.3, -0.25) is 8.98 Å². The van der Waals surface area contributed by atoms with Gasteiger partial charge in [0.2, 0.25) is 0 Å². The van der Waals surface area contributed by atoms with Gasteiger partial charge in [-0.2, -0.15) is 8.42 Å². The lowest BCUT2D eigenvalue weighted by atomic mass is 10.3. The van der Waals surface area contributed by atoms with E-state index in [-0.39, 0.29) is 5.57 Å². The molecule has 82 valence electrons. The van der Waals surface area contributed by atoms with Crippen molar-refractivity contribution in [2.24, 2.45) is 0 Å². The number of rotatable bonds is 5. The van der Waals surface area contributed by atoms with E-state index in [0.717, 1.165) is 0 Å². The predicted octanol–water partition coefficient (Wildman–Crippen LogP) is 0.739. The quantitative estimate of drug-likeness (QED) is 0.695. The molecular formula is C8H15NO4S. The molecule has 1 N–H and O–H groups in total. The van der Waals surface area contributed by atoms with E-state index in [9.17, 15) is 13.2 Å². The Kier molecular flexibility index (Phi) is 4.79. The minimum Gasteiger partial charge on any atom is -0.269 e. The van der Waals surface area contributed by atoms with Gasteiger partial charge in [-0.05, 0) is 20.3 Å². The summed E-state index contributed by atoms with van der Waals surface area (Å²) >= 11 is 0. The fourth-order valence-corrected chi connectivity index (χ4v) is 1.53. The van der Waals surface area contributed by atoms with Crippen LogP contribution in [0.5, 0.6) is 0 Å². The van der Waals surface area contributed by atoms with E-state index in [4.69, 9.17) is 0 Å². The highest BCUT2D eigenvalue weighted by atomic mass is 32.2. The van der Waals surface area contributed by atoms with Gasteiger partial charge in [0, 0.05) is 5.57 Å². The van der Waals surface area contributed by atoms with Crippen LogP contribution in [0.2, 0.25) is 0 Å². The highest BCUT2D eigenvalue weighted by Gasteiger charge is 2.18. The van der Waals surface area contributed by atoms with Crippen LogP contribution in [-0.2, 0) is 19.3 Å². The smallest absolute Gasteiger partial charge is 0.269 e. The van der Waals surface area contributed by atoms with Gasteiger partial charge in [-0.1, -0.05) is 13.5 Å². The molecule has 0 saturated heterocycles. The summed E-state index contributed by atoms with van der Waals surface area (Å²) in [5, 5.41) is 0. The van der Waals surface area contributed by atoms with Crippen molar-refractivity contribution >= 4 is 16.2 Å². The summed E-state index contributed by atoms with van der Waals surface area (Å²) in [7, 11) is -4.00. The molecule has 5 nitrogen and oxygen atoms in total. The van der Waals surface area contributed by atoms with Crippen LogP contribution in [0.4, 0.5) is 0 Å². The average molecular weight is 221 g/mol. The molecule has 0 fully saturated rings. The number of hydrogen-bond acceptors (Lipinski definition) is 4. The minimum atomic E-state index is -4.00. The first-order valence-corrected chi connectivity index (χ1v) is 5.60. The van der Waals surface area contributed by atoms with E-state index >= 15 is 0 Å². The molecule has 0 radical (unpaired) electrons. The number of nitrogens with one attached hydrogen (secondary N) is 1. The van der Waals surface area contributed by atoms with Crippen LogP contribution in [0.3, 0.4) is 0 Å². The lowest BCUT2D eigenvalue weighted by Gasteiger charge is -2.11. The van der Waals surface area contributed by atoms with Crippen molar-refractivity contribution in [1.82, 2.24) is 4.72 Å². The van der Waals surface area contributed by atoms with Gasteiger partial charge in [0.15, 0.2) is 0 Å². The van der Waals surface area contributed by atoms with Crippen LogP contribution in [0.15, 0.2) is 12.2 Å². The first-order valence-electron chi connectivity index (χ1n) is 4.19. The third-order valence-electron chi connectivity index (χ3n) is 1.47. The second-order valence-corrected chi connectivity index (χ2v) is 4.29. The number of amides is 1. The molecule has 0 aromatic heterocycles. The highest BCUT2D eigenvalue weighted by Crippen LogP contribution is 2.01. The standard InChI is InChI=1S/C8H15NO4S/c1-5-7(4)13-14(11,12)9-8(10)6(2)3/h7H,2,5H2,1,3-4H3,(H,9,10). The second-order valence-electron chi connectivity index (χ2n) is 2.98. The van der Waals surface area contributed by atoms with Crippen LogP contribution in [-0.4, -0.2) is 20.4 Å². The zero-order valence-corrected chi connectivity index (χ0v) is 9.35. The summed E-state index contributed by atoms with van der Waals surface area (Å²) < 4.78 is 28.6. The zero-order valence-electron chi connectivity index (χ0n) is 8.53. The van der Waals surface area contributed by atoms with E-state index < -0.39 is 22.3 Å². The Morgan fingerprint density at radius 2 is 2.07 bits per heavy atom. The Balaban J connectivity index is 4.36. The second kappa shape index (κ2) is 5.11. The minimum absolute atomic E-state index is 0.112. The molecular weight excluding hydrogens is 206 g/mol. The third kappa shape index (κ3) is 4.98. The van der Waals surface area contributed by atoms with Crippen molar-refractivity contribution in [2.45, 2.75) is 33.3 Å². The molecule has 6 heteroatoms. The SMILES string of the molecule is C=C(C)C(=O)NS(=O)(=O)OC(C)CC. The van der Waals surface area contributed by atoms with Crippen molar-refractivity contribution in [3.63, 3.8) is 0 Å². The summed E-state index contributed by atoms with van der Waals surface area (Å²) in [5.74, 6) is -0.756. The molecule has 1 amide bonds. The Morgan fingerprint density at radius 3 is 2.43 bits per heavy atom. The normalized spacial score (nSPS) is 13.4. The lowest BCUT2D eigenvalue weighted by Crippen LogP contribution is -2.34. The van der Waals surface area contributed by atoms with Crippen LogP contribution < -0.4 is 4.72 Å². The molecule has 14 heavy (non-hydrogen) atoms. The van der Waals surface area contributed by atoms with Crippen molar-refractivity contribution < 1.29 is 17.4 Å². The van der Waals surface area contributed by atoms with Crippen LogP contribution in [0.1, 0.15) is 27.2 Å². The summed E-state index contributed by atoms with van der Waals surface area (Å²) in [6, 6.07) is 0. The maximum Gasteiger partial charge on any atom is 0.362 e. The van der Waals surface area contributed by atoms with Gasteiger partial charge in [-0.25, -0.2) is 4.72 Å². The molecule has 0 aromatic carbocycles. The van der Waals surface area contributed by atoms with Crippen molar-refractivity contribution in [2.75, 3.05) is 0 Å². The Labute approximate surface area is 84.4 Å². The molecule has 1 atom stereocenters. The van der Waals surface area contributed by atoms with E-state index in [1.165, 1.54) is 6.92 Å². The lowest BCUT2D eigenvalue weighted by molar-refractivity contribution is -0.115. The van der Waals surface area contributed by atoms with E-state index in [2.05, 4.69) is 10.8 Å². The molecule has 0 aromatic rings. The van der Waals surface area contributed by atoms with Gasteiger partial charge in [0.25, 0.3) is 5.91 Å². The fraction of sp³-hybridized carbons (Fsp3) is 0.625. The first kappa shape index (κ1) is 13.1. The van der Waals surface area contributed by atoms with Crippen LogP contribution in [0, 0.1) is 0 Å². The molecule has 0 aliphatic rings. The van der Waals surface area contributed by atoms with Gasteiger partial charge < -0.3 is 0 Å². The van der Waals surface area contributed by atoms with Crippen LogP contribution >= 0.6 is 0 Å². The maximum atomic E-state index is 11.1. The Morgan fingerprint density at radius 1 is 1.57 bits per heavy atom. The monoisotopic (exact) mass is 221 g/mol. The molecule has 0 spiro atoms. The van der Waals surface area contributed by atoms with E-state index in [1.807, 2.05) is 0 Å². The molecule has 0 aliphatic heterocycles. The molecule has 0 heterocycles. The van der Waals surface area contributed by atoms with Crippen LogP contribution in [0.25, 0.3) is 0 Å². The van der Waals surface area contributed by atoms with Gasteiger partial charge in [0.1, 0.15) is 0 Å². The highest BCUT2D eigenvalue weighted by molar-refractivity contribution is 7.85. The van der Waals surface area contributed by atoms with E-state index in [0.29, 0.717) is 6.42 Å². The summed E-state index contributed by atoms with van der Waals surface area (Å²) in [6.07, 6.45) is 0.0905. The number of carbonyl (C=O) groups excluding carboxylic acids is 1. The van der Waals surface area contributed by atoms with Gasteiger partial charge in [0.05, 0.1) is 6.10 Å². The number of carbonyl (C=O) groups is 1. The summed E-state index contributed by atoms with van der Waals surface area (Å²) in [5.41, 5.74) is 0.112. The number of hydrogen-bond donors (Lipinski definition) is 1. The molecule has 1 unspecified atom stereocenters. The fourth-order valence-electron chi connectivity index (χ4n) is 0.509. The Bertz CT molecular complexity index is 320. The van der Waals surface area contributed by atoms with Gasteiger partial charge >= 0.3 is 10.3 Å². The third-order valence-corrected chi connectivity index (χ3v) is 2.49. The first-order chi connectivity index (χ1) is 6.28. The molecule has 0 rings (SSSR count). The predicted molar refractivity (Wildman–Crippen MR) is 52.7 cm³/mol. The zero-order chi connectivity index (χ0) is 11.4.